The molecular formula is C22H24N2O2. The Bertz CT molecular complexity index is 782. The standard InChI is InChI=1S/C22H24N2O2/c1-16-2-6-19(7-3-16)22(26)20-10-12-24(13-11-20)15-21(25)18-8-4-17(14-23)5-9-18/h2-9,20-21,25H,10-13,15H2,1H3. The summed E-state index contributed by atoms with van der Waals surface area (Å²) < 4.78 is 0. The average molecular weight is 348 g/mol. The molecule has 4 nitrogen and oxygen atoms in total. The highest BCUT2D eigenvalue weighted by Gasteiger charge is 2.26. The summed E-state index contributed by atoms with van der Waals surface area (Å²) in [6.07, 6.45) is 1.08. The fraction of sp³-hybridized carbons (Fsp3) is 0.364. The summed E-state index contributed by atoms with van der Waals surface area (Å²) in [5, 5.41) is 19.3. The summed E-state index contributed by atoms with van der Waals surface area (Å²) in [4.78, 5) is 14.8. The number of piperidine rings is 1. The van der Waals surface area contributed by atoms with Crippen LogP contribution in [-0.4, -0.2) is 35.4 Å². The molecule has 0 aliphatic carbocycles. The molecule has 1 aliphatic rings. The highest BCUT2D eigenvalue weighted by atomic mass is 16.3. The van der Waals surface area contributed by atoms with Gasteiger partial charge in [0.05, 0.1) is 17.7 Å². The van der Waals surface area contributed by atoms with E-state index in [0.29, 0.717) is 12.1 Å². The molecule has 1 unspecified atom stereocenters. The van der Waals surface area contributed by atoms with Crippen molar-refractivity contribution in [1.82, 2.24) is 4.90 Å². The Morgan fingerprint density at radius 1 is 1.15 bits per heavy atom. The number of aliphatic hydroxyl groups is 1. The van der Waals surface area contributed by atoms with E-state index in [2.05, 4.69) is 11.0 Å². The molecule has 1 fully saturated rings. The molecule has 0 saturated carbocycles. The van der Waals surface area contributed by atoms with Crippen LogP contribution in [0.2, 0.25) is 0 Å². The third kappa shape index (κ3) is 4.37. The van der Waals surface area contributed by atoms with Gasteiger partial charge in [0.2, 0.25) is 0 Å². The molecule has 2 aromatic rings. The Balaban J connectivity index is 1.52. The molecule has 0 bridgehead atoms. The van der Waals surface area contributed by atoms with E-state index in [1.807, 2.05) is 31.2 Å². The molecule has 1 aliphatic heterocycles. The largest absolute Gasteiger partial charge is 0.387 e. The Morgan fingerprint density at radius 3 is 2.35 bits per heavy atom. The molecule has 2 aromatic carbocycles. The second-order valence-electron chi connectivity index (χ2n) is 7.05. The van der Waals surface area contributed by atoms with Crippen molar-refractivity contribution < 1.29 is 9.90 Å². The summed E-state index contributed by atoms with van der Waals surface area (Å²) >= 11 is 0. The number of carbonyl (C=O) groups excluding carboxylic acids is 1. The molecule has 1 N–H and O–H groups in total. The zero-order chi connectivity index (χ0) is 18.5. The van der Waals surface area contributed by atoms with Crippen LogP contribution in [0.5, 0.6) is 0 Å². The van der Waals surface area contributed by atoms with Gasteiger partial charge in [-0.15, -0.1) is 0 Å². The number of hydrogen-bond acceptors (Lipinski definition) is 4. The summed E-state index contributed by atoms with van der Waals surface area (Å²) in [6, 6.07) is 16.9. The zero-order valence-corrected chi connectivity index (χ0v) is 15.1. The van der Waals surface area contributed by atoms with Crippen molar-refractivity contribution in [3.8, 4) is 6.07 Å². The molecule has 134 valence electrons. The quantitative estimate of drug-likeness (QED) is 0.840. The lowest BCUT2D eigenvalue weighted by atomic mass is 9.88. The number of Topliss-reactive ketones (excluding diaryl/α,β-unsaturated/α-hetero) is 1. The summed E-state index contributed by atoms with van der Waals surface area (Å²) in [5.41, 5.74) is 3.37. The third-order valence-corrected chi connectivity index (χ3v) is 5.15. The SMILES string of the molecule is Cc1ccc(C(=O)C2CCN(CC(O)c3ccc(C#N)cc3)CC2)cc1. The van der Waals surface area contributed by atoms with Crippen LogP contribution >= 0.6 is 0 Å². The number of nitrogens with zero attached hydrogens (tertiary/aromatic N) is 2. The van der Waals surface area contributed by atoms with Crippen molar-refractivity contribution in [3.63, 3.8) is 0 Å². The van der Waals surface area contributed by atoms with Gasteiger partial charge in [-0.1, -0.05) is 42.0 Å². The average Bonchev–Trinajstić information content (AvgIpc) is 2.68. The van der Waals surface area contributed by atoms with Crippen molar-refractivity contribution >= 4 is 5.78 Å². The van der Waals surface area contributed by atoms with Gasteiger partial charge in [-0.2, -0.15) is 5.26 Å². The van der Waals surface area contributed by atoms with E-state index in [-0.39, 0.29) is 11.7 Å². The first-order valence-corrected chi connectivity index (χ1v) is 9.08. The van der Waals surface area contributed by atoms with Gasteiger partial charge in [-0.3, -0.25) is 4.79 Å². The van der Waals surface area contributed by atoms with Crippen molar-refractivity contribution in [2.24, 2.45) is 5.92 Å². The van der Waals surface area contributed by atoms with Crippen LogP contribution in [0.4, 0.5) is 0 Å². The molecule has 0 amide bonds. The van der Waals surface area contributed by atoms with E-state index in [9.17, 15) is 9.90 Å². The van der Waals surface area contributed by atoms with Crippen LogP contribution in [0.1, 0.15) is 46.0 Å². The maximum atomic E-state index is 12.6. The molecule has 4 heteroatoms. The van der Waals surface area contributed by atoms with Crippen LogP contribution in [0.15, 0.2) is 48.5 Å². The second-order valence-corrected chi connectivity index (χ2v) is 7.05. The smallest absolute Gasteiger partial charge is 0.166 e. The van der Waals surface area contributed by atoms with Crippen LogP contribution in [0.3, 0.4) is 0 Å². The van der Waals surface area contributed by atoms with Gasteiger partial charge in [-0.05, 0) is 50.6 Å². The van der Waals surface area contributed by atoms with Gasteiger partial charge >= 0.3 is 0 Å². The molecule has 1 atom stereocenters. The molecule has 26 heavy (non-hydrogen) atoms. The lowest BCUT2D eigenvalue weighted by Crippen LogP contribution is -2.38. The molecule has 0 aromatic heterocycles. The third-order valence-electron chi connectivity index (χ3n) is 5.15. The normalized spacial score (nSPS) is 16.8. The van der Waals surface area contributed by atoms with E-state index in [4.69, 9.17) is 5.26 Å². The van der Waals surface area contributed by atoms with E-state index in [1.54, 1.807) is 24.3 Å². The highest BCUT2D eigenvalue weighted by molar-refractivity contribution is 5.97. The molecular weight excluding hydrogens is 324 g/mol. The fourth-order valence-corrected chi connectivity index (χ4v) is 3.46. The van der Waals surface area contributed by atoms with Gasteiger partial charge < -0.3 is 10.0 Å². The summed E-state index contributed by atoms with van der Waals surface area (Å²) in [7, 11) is 0. The van der Waals surface area contributed by atoms with Crippen molar-refractivity contribution in [3.05, 3.63) is 70.8 Å². The Kier molecular flexibility index (Phi) is 5.82. The van der Waals surface area contributed by atoms with E-state index in [0.717, 1.165) is 42.6 Å². The van der Waals surface area contributed by atoms with Crippen LogP contribution in [-0.2, 0) is 0 Å². The summed E-state index contributed by atoms with van der Waals surface area (Å²) in [6.45, 7) is 4.20. The van der Waals surface area contributed by atoms with Crippen LogP contribution in [0.25, 0.3) is 0 Å². The van der Waals surface area contributed by atoms with Crippen LogP contribution < -0.4 is 0 Å². The number of aryl methyl sites for hydroxylation is 1. The molecule has 0 spiro atoms. The van der Waals surface area contributed by atoms with E-state index in [1.165, 1.54) is 0 Å². The number of β-amino-alcohol motifs (C(OH)–C–C–N with tert-alkyl or cyclic N) is 1. The van der Waals surface area contributed by atoms with Gasteiger partial charge in [0.1, 0.15) is 0 Å². The molecule has 0 radical (unpaired) electrons. The first kappa shape index (κ1) is 18.3. The Morgan fingerprint density at radius 2 is 1.77 bits per heavy atom. The lowest BCUT2D eigenvalue weighted by molar-refractivity contribution is 0.0727. The predicted molar refractivity (Wildman–Crippen MR) is 101 cm³/mol. The van der Waals surface area contributed by atoms with Crippen LogP contribution in [0, 0.1) is 24.2 Å². The van der Waals surface area contributed by atoms with Gasteiger partial charge in [0.15, 0.2) is 5.78 Å². The fourth-order valence-electron chi connectivity index (χ4n) is 3.46. The number of ketones is 1. The zero-order valence-electron chi connectivity index (χ0n) is 15.1. The predicted octanol–water partition coefficient (Wildman–Crippen LogP) is 3.50. The number of nitriles is 1. The maximum Gasteiger partial charge on any atom is 0.166 e. The van der Waals surface area contributed by atoms with Crippen molar-refractivity contribution in [2.45, 2.75) is 25.9 Å². The minimum absolute atomic E-state index is 0.0704. The lowest BCUT2D eigenvalue weighted by Gasteiger charge is -2.32. The minimum Gasteiger partial charge on any atom is -0.387 e. The number of hydrogen-bond donors (Lipinski definition) is 1. The van der Waals surface area contributed by atoms with Crippen molar-refractivity contribution in [1.29, 1.82) is 5.26 Å². The van der Waals surface area contributed by atoms with Crippen molar-refractivity contribution in [2.75, 3.05) is 19.6 Å². The van der Waals surface area contributed by atoms with Gasteiger partial charge in [-0.25, -0.2) is 0 Å². The Labute approximate surface area is 154 Å². The minimum atomic E-state index is -0.577. The molecule has 3 rings (SSSR count). The van der Waals surface area contributed by atoms with Gasteiger partial charge in [0, 0.05) is 18.0 Å². The molecule has 1 saturated heterocycles. The Hall–Kier alpha value is -2.48. The number of carbonyl (C=O) groups is 1. The van der Waals surface area contributed by atoms with E-state index >= 15 is 0 Å². The maximum absolute atomic E-state index is 12.6. The number of likely N-dealkylation sites (tertiary alicyclic amines) is 1. The number of aliphatic hydroxyl groups excluding tert-OH is 1. The topological polar surface area (TPSA) is 64.3 Å². The van der Waals surface area contributed by atoms with E-state index < -0.39 is 6.10 Å². The highest BCUT2D eigenvalue weighted by Crippen LogP contribution is 2.24. The first-order chi connectivity index (χ1) is 12.6. The monoisotopic (exact) mass is 348 g/mol. The second kappa shape index (κ2) is 8.27. The molecule has 1 heterocycles. The summed E-state index contributed by atoms with van der Waals surface area (Å²) in [5.74, 6) is 0.304. The van der Waals surface area contributed by atoms with Gasteiger partial charge in [0.25, 0.3) is 0 Å². The number of benzene rings is 2. The number of rotatable bonds is 5. The first-order valence-electron chi connectivity index (χ1n) is 9.08.